The summed E-state index contributed by atoms with van der Waals surface area (Å²) in [6, 6.07) is 4.08. The van der Waals surface area contributed by atoms with Crippen LogP contribution >= 0.6 is 23.1 Å². The first-order valence-corrected chi connectivity index (χ1v) is 28.4. The number of aliphatic hydroxyl groups excluding tert-OH is 1. The second-order valence-corrected chi connectivity index (χ2v) is 20.6. The fraction of sp³-hybridized carbons (Fsp3) is 0.782. The molecule has 0 amide bonds. The Morgan fingerprint density at radius 3 is 1.34 bits per heavy atom. The molecule has 0 radical (unpaired) electrons. The van der Waals surface area contributed by atoms with Crippen molar-refractivity contribution >= 4 is 44.5 Å². The van der Waals surface area contributed by atoms with Crippen molar-refractivity contribution in [3.63, 3.8) is 0 Å². The molecular formula is C55H95N2O5S2+. The fourth-order valence-corrected chi connectivity index (χ4v) is 10.7. The van der Waals surface area contributed by atoms with Gasteiger partial charge in [-0.2, -0.15) is 0 Å². The summed E-state index contributed by atoms with van der Waals surface area (Å²) >= 11 is 3.13. The molecule has 0 saturated heterocycles. The standard InChI is InChI=1S/C55H94N2O5S2/c1-5-8-11-14-17-20-23-26-29-32-42-60-45-39-56(4)50-37-35-48(63-50)52-54(58)53(55(52)59)49-36-38-51(64-49)57(40-46-61-43-33-30-27-24-21-18-15-12-9-6-2)41-47-62-44-34-31-28-25-22-19-16-13-10-7-3/h35-38H,5-34,39-47H2,1-4H3/p+1. The van der Waals surface area contributed by atoms with Gasteiger partial charge in [0.25, 0.3) is 0 Å². The van der Waals surface area contributed by atoms with E-state index < -0.39 is 0 Å². The molecule has 0 bridgehead atoms. The maximum Gasteiger partial charge on any atom is 0.239 e. The van der Waals surface area contributed by atoms with Crippen LogP contribution in [0.3, 0.4) is 0 Å². The average Bonchev–Trinajstić information content (AvgIpc) is 3.98. The van der Waals surface area contributed by atoms with Crippen LogP contribution in [0.5, 0.6) is 0 Å². The number of anilines is 1. The normalized spacial score (nSPS) is 15.8. The van der Waals surface area contributed by atoms with Crippen LogP contribution < -0.4 is 4.90 Å². The van der Waals surface area contributed by atoms with Crippen LogP contribution in [0.2, 0.25) is 0 Å². The summed E-state index contributed by atoms with van der Waals surface area (Å²) in [6.45, 7) is 13.6. The van der Waals surface area contributed by atoms with Crippen molar-refractivity contribution in [1.82, 2.24) is 0 Å². The lowest BCUT2D eigenvalue weighted by atomic mass is 9.86. The number of rotatable bonds is 44. The molecule has 0 spiro atoms. The quantitative estimate of drug-likeness (QED) is 0.0397. The van der Waals surface area contributed by atoms with E-state index in [2.05, 4.69) is 43.4 Å². The van der Waals surface area contributed by atoms with Crippen LogP contribution in [0.25, 0.3) is 5.57 Å². The number of carbonyl (C=O) groups is 1. The molecule has 0 saturated carbocycles. The number of likely N-dealkylation sites (N-methyl/N-ethyl adjacent to an activating group) is 1. The van der Waals surface area contributed by atoms with Crippen molar-refractivity contribution in [3.05, 3.63) is 45.4 Å². The molecule has 2 heterocycles. The predicted molar refractivity (Wildman–Crippen MR) is 279 cm³/mol. The Morgan fingerprint density at radius 2 is 0.922 bits per heavy atom. The van der Waals surface area contributed by atoms with E-state index in [1.807, 2.05) is 18.2 Å². The predicted octanol–water partition coefficient (Wildman–Crippen LogP) is 15.8. The highest BCUT2D eigenvalue weighted by molar-refractivity contribution is 8.18. The molecule has 0 atom stereocenters. The summed E-state index contributed by atoms with van der Waals surface area (Å²) in [7, 11) is 2.07. The molecule has 0 unspecified atom stereocenters. The third-order valence-electron chi connectivity index (χ3n) is 12.8. The molecule has 1 aromatic rings. The summed E-state index contributed by atoms with van der Waals surface area (Å²) in [5, 5.41) is 13.4. The number of thiophene rings is 1. The van der Waals surface area contributed by atoms with E-state index in [-0.39, 0.29) is 11.5 Å². The van der Waals surface area contributed by atoms with Gasteiger partial charge in [0.1, 0.15) is 19.4 Å². The van der Waals surface area contributed by atoms with Crippen molar-refractivity contribution in [2.24, 2.45) is 0 Å². The Bertz CT molecular complexity index is 1450. The smallest absolute Gasteiger partial charge is 0.239 e. The van der Waals surface area contributed by atoms with Gasteiger partial charge >= 0.3 is 0 Å². The van der Waals surface area contributed by atoms with Gasteiger partial charge in [0.05, 0.1) is 29.4 Å². The zero-order valence-electron chi connectivity index (χ0n) is 41.7. The van der Waals surface area contributed by atoms with E-state index in [4.69, 9.17) is 14.2 Å². The van der Waals surface area contributed by atoms with Crippen LogP contribution in [0.1, 0.15) is 218 Å². The number of aliphatic hydroxyl groups is 1. The number of ketones is 1. The number of hydrogen-bond acceptors (Lipinski definition) is 8. The molecule has 2 aliphatic rings. The second-order valence-electron chi connectivity index (χ2n) is 18.5. The number of nitrogens with zero attached hydrogens (tertiary/aromatic N) is 2. The summed E-state index contributed by atoms with van der Waals surface area (Å²) < 4.78 is 20.4. The largest absolute Gasteiger partial charge is 0.506 e. The number of unbranched alkanes of at least 4 members (excludes halogenated alkanes) is 27. The number of thioether (sulfide) groups is 1. The Labute approximate surface area is 401 Å². The summed E-state index contributed by atoms with van der Waals surface area (Å²) in [5.41, 5.74) is 0.869. The first kappa shape index (κ1) is 56.4. The van der Waals surface area contributed by atoms with Gasteiger partial charge in [-0.05, 0) is 49.2 Å². The fourth-order valence-electron chi connectivity index (χ4n) is 8.53. The molecule has 7 nitrogen and oxygen atoms in total. The summed E-state index contributed by atoms with van der Waals surface area (Å²) in [4.78, 5) is 17.6. The lowest BCUT2D eigenvalue weighted by molar-refractivity contribution is -0.497. The lowest BCUT2D eigenvalue weighted by Crippen LogP contribution is -2.30. The number of hydrogen-bond donors (Lipinski definition) is 1. The maximum atomic E-state index is 13.6. The Balaban J connectivity index is 1.43. The van der Waals surface area contributed by atoms with E-state index >= 15 is 0 Å². The van der Waals surface area contributed by atoms with Crippen molar-refractivity contribution in [2.75, 3.05) is 71.2 Å². The molecule has 1 aliphatic heterocycles. The minimum absolute atomic E-state index is 0.0759. The molecule has 64 heavy (non-hydrogen) atoms. The van der Waals surface area contributed by atoms with Crippen molar-refractivity contribution < 1.29 is 28.7 Å². The second kappa shape index (κ2) is 38.1. The molecular weight excluding hydrogens is 833 g/mol. The molecule has 1 N–H and O–H groups in total. The van der Waals surface area contributed by atoms with Gasteiger partial charge < -0.3 is 24.2 Å². The van der Waals surface area contributed by atoms with Gasteiger partial charge in [-0.3, -0.25) is 4.79 Å². The highest BCUT2D eigenvalue weighted by atomic mass is 32.2. The van der Waals surface area contributed by atoms with E-state index in [1.54, 1.807) is 23.1 Å². The first-order chi connectivity index (χ1) is 31.5. The summed E-state index contributed by atoms with van der Waals surface area (Å²) in [5.74, 6) is 0.0356. The highest BCUT2D eigenvalue weighted by Crippen LogP contribution is 2.45. The number of ether oxygens (including phenoxy) is 3. The molecule has 0 aromatic carbocycles. The van der Waals surface area contributed by atoms with E-state index in [0.29, 0.717) is 31.0 Å². The monoisotopic (exact) mass is 928 g/mol. The Morgan fingerprint density at radius 1 is 0.516 bits per heavy atom. The van der Waals surface area contributed by atoms with Gasteiger partial charge in [-0.15, -0.1) is 11.3 Å². The zero-order chi connectivity index (χ0) is 45.7. The van der Waals surface area contributed by atoms with Gasteiger partial charge in [-0.1, -0.05) is 194 Å². The Hall–Kier alpha value is -1.91. The van der Waals surface area contributed by atoms with Crippen molar-refractivity contribution in [2.45, 2.75) is 213 Å². The summed E-state index contributed by atoms with van der Waals surface area (Å²) in [6.07, 6.45) is 43.7. The molecule has 1 aliphatic carbocycles. The van der Waals surface area contributed by atoms with E-state index in [0.717, 1.165) is 78.5 Å². The van der Waals surface area contributed by atoms with Crippen LogP contribution in [-0.4, -0.2) is 86.8 Å². The molecule has 0 fully saturated rings. The van der Waals surface area contributed by atoms with E-state index in [1.165, 1.54) is 173 Å². The highest BCUT2D eigenvalue weighted by Gasteiger charge is 2.39. The number of allylic oxidation sites excluding steroid dienone is 3. The third-order valence-corrected chi connectivity index (χ3v) is 15.2. The van der Waals surface area contributed by atoms with Gasteiger partial charge in [0.2, 0.25) is 10.8 Å². The topological polar surface area (TPSA) is 71.2 Å². The lowest BCUT2D eigenvalue weighted by Gasteiger charge is -2.24. The van der Waals surface area contributed by atoms with Gasteiger partial charge in [0, 0.05) is 48.8 Å². The third kappa shape index (κ3) is 24.2. The molecule has 366 valence electrons. The molecule has 3 rings (SSSR count). The SMILES string of the molecule is CCCCCCCCCCCCOCCN(CCOCCCCCCCCCCCC)c1ccc(C2=C(O)C(=C3C=CC(=[N+](C)CCOCCCCCCCCCCCC)S3)C2=O)s1. The first-order valence-electron chi connectivity index (χ1n) is 26.8. The van der Waals surface area contributed by atoms with Crippen LogP contribution in [0.15, 0.2) is 40.5 Å². The number of Topliss-reactive ketones (excluding diaryl/α,β-unsaturated/α-hetero) is 1. The van der Waals surface area contributed by atoms with Crippen LogP contribution in [0.4, 0.5) is 5.00 Å². The van der Waals surface area contributed by atoms with Crippen LogP contribution in [-0.2, 0) is 19.0 Å². The van der Waals surface area contributed by atoms with Crippen molar-refractivity contribution in [1.29, 1.82) is 0 Å². The number of carbonyl (C=O) groups excluding carboxylic acids is 1. The van der Waals surface area contributed by atoms with Crippen LogP contribution in [0, 0.1) is 0 Å². The zero-order valence-corrected chi connectivity index (χ0v) is 43.3. The molecule has 1 aromatic heterocycles. The molecule has 9 heteroatoms. The average molecular weight is 929 g/mol. The minimum atomic E-state index is -0.0759. The van der Waals surface area contributed by atoms with Gasteiger partial charge in [-0.25, -0.2) is 4.58 Å². The Kier molecular flexibility index (Phi) is 33.6. The van der Waals surface area contributed by atoms with Crippen molar-refractivity contribution in [3.8, 4) is 0 Å². The van der Waals surface area contributed by atoms with E-state index in [9.17, 15) is 9.90 Å². The minimum Gasteiger partial charge on any atom is -0.506 e. The maximum absolute atomic E-state index is 13.6. The van der Waals surface area contributed by atoms with Gasteiger partial charge in [0.15, 0.2) is 6.54 Å².